The predicted molar refractivity (Wildman–Crippen MR) is 41.8 cm³/mol. The molecule has 0 N–H and O–H groups in total. The molecule has 0 saturated heterocycles. The van der Waals surface area contributed by atoms with Crippen LogP contribution in [0.25, 0.3) is 0 Å². The van der Waals surface area contributed by atoms with E-state index in [1.165, 1.54) is 6.20 Å². The van der Waals surface area contributed by atoms with Crippen LogP contribution in [0.3, 0.4) is 0 Å². The van der Waals surface area contributed by atoms with Crippen LogP contribution in [0.1, 0.15) is 6.92 Å². The van der Waals surface area contributed by atoms with Crippen molar-refractivity contribution in [1.29, 1.82) is 0 Å². The molecule has 0 aromatic carbocycles. The first kappa shape index (κ1) is 8.50. The van der Waals surface area contributed by atoms with E-state index in [9.17, 15) is 0 Å². The van der Waals surface area contributed by atoms with Gasteiger partial charge in [-0.15, -0.1) is 0 Å². The van der Waals surface area contributed by atoms with Crippen molar-refractivity contribution in [1.82, 2.24) is 4.90 Å². The lowest BCUT2D eigenvalue weighted by atomic mass is 10.6. The summed E-state index contributed by atoms with van der Waals surface area (Å²) in [5, 5.41) is 0.618. The minimum absolute atomic E-state index is 0.618. The van der Waals surface area contributed by atoms with Gasteiger partial charge in [0.05, 0.1) is 6.20 Å². The fourth-order valence-electron chi connectivity index (χ4n) is 0.325. The molecular weight excluding hydrogens is 136 g/mol. The Morgan fingerprint density at radius 2 is 2.44 bits per heavy atom. The molecule has 0 aliphatic rings. The molecule has 0 unspecified atom stereocenters. The number of aliphatic imine (C=N–C) groups is 1. The van der Waals surface area contributed by atoms with Gasteiger partial charge in [-0.3, -0.25) is 4.99 Å². The maximum absolute atomic E-state index is 5.68. The zero-order valence-corrected chi connectivity index (χ0v) is 6.52. The normalized spacial score (nSPS) is 11.2. The summed E-state index contributed by atoms with van der Waals surface area (Å²) in [4.78, 5) is 5.39. The van der Waals surface area contributed by atoms with Gasteiger partial charge in [-0.2, -0.15) is 0 Å². The molecule has 0 radical (unpaired) electrons. The predicted octanol–water partition coefficient (Wildman–Crippen LogP) is 1.68. The lowest BCUT2D eigenvalue weighted by Gasteiger charge is -2.13. The van der Waals surface area contributed by atoms with Crippen molar-refractivity contribution < 1.29 is 0 Å². The van der Waals surface area contributed by atoms with Crippen molar-refractivity contribution in [2.45, 2.75) is 6.92 Å². The maximum Gasteiger partial charge on any atom is 0.123 e. The van der Waals surface area contributed by atoms with Gasteiger partial charge in [-0.1, -0.05) is 11.6 Å². The summed E-state index contributed by atoms with van der Waals surface area (Å²) in [6.07, 6.45) is 1.52. The summed E-state index contributed by atoms with van der Waals surface area (Å²) in [5.41, 5.74) is 0. The van der Waals surface area contributed by atoms with Crippen molar-refractivity contribution in [3.63, 3.8) is 0 Å². The van der Waals surface area contributed by atoms with Crippen molar-refractivity contribution >= 4 is 18.3 Å². The molecule has 0 atom stereocenters. The third kappa shape index (κ3) is 3.14. The lowest BCUT2D eigenvalue weighted by molar-refractivity contribution is 0.469. The highest BCUT2D eigenvalue weighted by Crippen LogP contribution is 2.04. The molecule has 0 aromatic rings. The molecule has 0 aliphatic carbocycles. The Balaban J connectivity index is 3.84. The van der Waals surface area contributed by atoms with Crippen LogP contribution in [0.4, 0.5) is 0 Å². The molecule has 0 amide bonds. The van der Waals surface area contributed by atoms with Crippen LogP contribution in [-0.4, -0.2) is 25.2 Å². The smallest absolute Gasteiger partial charge is 0.123 e. The van der Waals surface area contributed by atoms with Gasteiger partial charge >= 0.3 is 0 Å². The number of hydrogen-bond donors (Lipinski definition) is 0. The fraction of sp³-hybridized carbons (Fsp3) is 0.500. The minimum Gasteiger partial charge on any atom is -0.364 e. The zero-order chi connectivity index (χ0) is 7.28. The molecule has 2 nitrogen and oxygen atoms in total. The van der Waals surface area contributed by atoms with Gasteiger partial charge in [-0.25, -0.2) is 0 Å². The van der Waals surface area contributed by atoms with E-state index in [0.717, 1.165) is 6.54 Å². The topological polar surface area (TPSA) is 15.6 Å². The maximum atomic E-state index is 5.68. The second-order valence-electron chi connectivity index (χ2n) is 1.65. The van der Waals surface area contributed by atoms with Crippen LogP contribution in [0.15, 0.2) is 16.3 Å². The summed E-state index contributed by atoms with van der Waals surface area (Å²) < 4.78 is 0. The van der Waals surface area contributed by atoms with Gasteiger partial charge in [0.15, 0.2) is 0 Å². The second kappa shape index (κ2) is 4.39. The molecule has 0 spiro atoms. The van der Waals surface area contributed by atoms with Crippen LogP contribution in [-0.2, 0) is 0 Å². The Hall–Kier alpha value is -0.500. The van der Waals surface area contributed by atoms with Gasteiger partial charge < -0.3 is 4.90 Å². The van der Waals surface area contributed by atoms with Crippen LogP contribution < -0.4 is 0 Å². The van der Waals surface area contributed by atoms with E-state index in [-0.39, 0.29) is 0 Å². The highest BCUT2D eigenvalue weighted by molar-refractivity contribution is 6.29. The average molecular weight is 147 g/mol. The van der Waals surface area contributed by atoms with E-state index in [0.29, 0.717) is 5.16 Å². The molecule has 3 heteroatoms. The largest absolute Gasteiger partial charge is 0.364 e. The fourth-order valence-corrected chi connectivity index (χ4v) is 0.513. The molecule has 0 rings (SSSR count). The van der Waals surface area contributed by atoms with E-state index < -0.39 is 0 Å². The molecule has 9 heavy (non-hydrogen) atoms. The number of rotatable bonds is 3. The summed E-state index contributed by atoms with van der Waals surface area (Å²) in [6.45, 7) is 6.17. The second-order valence-corrected chi connectivity index (χ2v) is 2.04. The summed E-state index contributed by atoms with van der Waals surface area (Å²) in [7, 11) is 1.89. The van der Waals surface area contributed by atoms with Crippen molar-refractivity contribution in [3.8, 4) is 0 Å². The molecule has 0 aliphatic heterocycles. The molecule has 52 valence electrons. The highest BCUT2D eigenvalue weighted by Gasteiger charge is 1.93. The molecular formula is C6H11ClN2. The summed E-state index contributed by atoms with van der Waals surface area (Å²) in [5.74, 6) is 0. The molecule has 0 aromatic heterocycles. The minimum atomic E-state index is 0.618. The molecule has 0 bridgehead atoms. The standard InChI is InChI=1S/C6H11ClN2/c1-4-9(3)6(7)5-8-2/h5H,2,4H2,1,3H3/b6-5-. The third-order valence-corrected chi connectivity index (χ3v) is 1.42. The number of halogens is 1. The van der Waals surface area contributed by atoms with Crippen LogP contribution in [0, 0.1) is 0 Å². The van der Waals surface area contributed by atoms with E-state index >= 15 is 0 Å². The van der Waals surface area contributed by atoms with E-state index in [4.69, 9.17) is 11.6 Å². The Labute approximate surface area is 60.8 Å². The zero-order valence-electron chi connectivity index (χ0n) is 5.76. The van der Waals surface area contributed by atoms with E-state index in [1.807, 2.05) is 18.9 Å². The summed E-state index contributed by atoms with van der Waals surface area (Å²) in [6, 6.07) is 0. The third-order valence-electron chi connectivity index (χ3n) is 1.04. The molecule has 0 saturated carbocycles. The first-order valence-electron chi connectivity index (χ1n) is 2.75. The Bertz CT molecular complexity index is 120. The van der Waals surface area contributed by atoms with Gasteiger partial charge in [0, 0.05) is 13.6 Å². The summed E-state index contributed by atoms with van der Waals surface area (Å²) >= 11 is 5.68. The van der Waals surface area contributed by atoms with Crippen molar-refractivity contribution in [2.75, 3.05) is 13.6 Å². The first-order chi connectivity index (χ1) is 4.22. The van der Waals surface area contributed by atoms with Crippen LogP contribution in [0.2, 0.25) is 0 Å². The van der Waals surface area contributed by atoms with Crippen molar-refractivity contribution in [3.05, 3.63) is 11.4 Å². The molecule has 0 heterocycles. The Morgan fingerprint density at radius 3 is 2.78 bits per heavy atom. The highest BCUT2D eigenvalue weighted by atomic mass is 35.5. The van der Waals surface area contributed by atoms with Gasteiger partial charge in [0.2, 0.25) is 0 Å². The van der Waals surface area contributed by atoms with Gasteiger partial charge in [0.25, 0.3) is 0 Å². The van der Waals surface area contributed by atoms with Crippen LogP contribution >= 0.6 is 11.6 Å². The average Bonchev–Trinajstić information content (AvgIpc) is 1.87. The Morgan fingerprint density at radius 1 is 1.89 bits per heavy atom. The monoisotopic (exact) mass is 146 g/mol. The number of nitrogens with zero attached hydrogens (tertiary/aromatic N) is 2. The SMILES string of the molecule is C=N/C=C(/Cl)N(C)CC. The quantitative estimate of drug-likeness (QED) is 0.437. The molecule has 0 fully saturated rings. The van der Waals surface area contributed by atoms with E-state index in [1.54, 1.807) is 0 Å². The van der Waals surface area contributed by atoms with Gasteiger partial charge in [0.1, 0.15) is 5.16 Å². The van der Waals surface area contributed by atoms with Gasteiger partial charge in [-0.05, 0) is 13.6 Å². The van der Waals surface area contributed by atoms with E-state index in [2.05, 4.69) is 11.7 Å². The number of hydrogen-bond acceptors (Lipinski definition) is 2. The lowest BCUT2D eigenvalue weighted by Crippen LogP contribution is -2.12. The Kier molecular flexibility index (Phi) is 4.14. The first-order valence-corrected chi connectivity index (χ1v) is 3.12. The van der Waals surface area contributed by atoms with Crippen LogP contribution in [0.5, 0.6) is 0 Å². The van der Waals surface area contributed by atoms with Crippen molar-refractivity contribution in [2.24, 2.45) is 4.99 Å².